The van der Waals surface area contributed by atoms with E-state index >= 15 is 0 Å². The van der Waals surface area contributed by atoms with E-state index in [4.69, 9.17) is 21.3 Å². The van der Waals surface area contributed by atoms with Gasteiger partial charge in [0.25, 0.3) is 5.91 Å². The molecular weight excluding hydrogens is 418 g/mol. The van der Waals surface area contributed by atoms with Crippen molar-refractivity contribution in [1.29, 1.82) is 10.8 Å². The molecule has 3 aromatic rings. The van der Waals surface area contributed by atoms with Crippen LogP contribution >= 0.6 is 0 Å². The minimum absolute atomic E-state index is 0.0273. The number of nitrogen functional groups attached to an aromatic ring is 1. The molecule has 1 heterocycles. The quantitative estimate of drug-likeness (QED) is 0.310. The first-order valence-electron chi connectivity index (χ1n) is 10.5. The fraction of sp³-hybridized carbons (Fsp3) is 0.208. The number of nitrogens with one attached hydrogen (secondary N) is 3. The summed E-state index contributed by atoms with van der Waals surface area (Å²) in [5, 5.41) is 19.3. The zero-order valence-electron chi connectivity index (χ0n) is 18.6. The first-order chi connectivity index (χ1) is 15.9. The summed E-state index contributed by atoms with van der Waals surface area (Å²) in [5.74, 6) is -0.572. The number of carbonyl (C=O) groups excluding carboxylic acids is 1. The minimum atomic E-state index is -0.370. The predicted molar refractivity (Wildman–Crippen MR) is 129 cm³/mol. The molecule has 2 aromatic carbocycles. The topological polar surface area (TPSA) is 141 Å². The molecule has 1 amide bonds. The summed E-state index contributed by atoms with van der Waals surface area (Å²) in [5.41, 5.74) is 8.24. The van der Waals surface area contributed by atoms with Crippen molar-refractivity contribution in [2.45, 2.75) is 6.92 Å². The summed E-state index contributed by atoms with van der Waals surface area (Å²) >= 11 is 0. The lowest BCUT2D eigenvalue weighted by atomic mass is 10.1. The molecule has 0 aliphatic carbocycles. The Morgan fingerprint density at radius 2 is 1.76 bits per heavy atom. The molecule has 5 N–H and O–H groups in total. The fourth-order valence-corrected chi connectivity index (χ4v) is 3.12. The molecule has 170 valence electrons. The molecule has 0 bridgehead atoms. The second kappa shape index (κ2) is 11.0. The van der Waals surface area contributed by atoms with Crippen molar-refractivity contribution in [3.63, 3.8) is 0 Å². The lowest BCUT2D eigenvalue weighted by Crippen LogP contribution is -2.35. The minimum Gasteiger partial charge on any atom is -0.419 e. The summed E-state index contributed by atoms with van der Waals surface area (Å²) in [6, 6.07) is 15.8. The highest BCUT2D eigenvalue weighted by atomic mass is 16.5. The first kappa shape index (κ1) is 23.6. The third kappa shape index (κ3) is 5.78. The largest absolute Gasteiger partial charge is 0.419 e. The Kier molecular flexibility index (Phi) is 7.82. The van der Waals surface area contributed by atoms with Crippen molar-refractivity contribution < 1.29 is 9.53 Å². The number of likely N-dealkylation sites (N-methyl/N-ethyl adjacent to an activating group) is 2. The van der Waals surface area contributed by atoms with Gasteiger partial charge in [0, 0.05) is 36.3 Å². The Morgan fingerprint density at radius 3 is 2.39 bits per heavy atom. The van der Waals surface area contributed by atoms with Crippen LogP contribution in [0.3, 0.4) is 0 Å². The van der Waals surface area contributed by atoms with Gasteiger partial charge in [0.15, 0.2) is 11.5 Å². The zero-order chi connectivity index (χ0) is 23.8. The van der Waals surface area contributed by atoms with Crippen LogP contribution in [0, 0.1) is 10.8 Å². The second-order valence-corrected chi connectivity index (χ2v) is 7.18. The summed E-state index contributed by atoms with van der Waals surface area (Å²) in [4.78, 5) is 23.0. The highest BCUT2D eigenvalue weighted by Crippen LogP contribution is 2.20. The van der Waals surface area contributed by atoms with Crippen molar-refractivity contribution in [3.8, 4) is 11.3 Å². The average molecular weight is 446 g/mol. The van der Waals surface area contributed by atoms with Crippen LogP contribution in [0.4, 0.5) is 5.82 Å². The summed E-state index contributed by atoms with van der Waals surface area (Å²) in [6.07, 6.45) is 1.50. The van der Waals surface area contributed by atoms with Gasteiger partial charge < -0.3 is 20.7 Å². The smallest absolute Gasteiger partial charge is 0.253 e. The third-order valence-corrected chi connectivity index (χ3v) is 4.98. The van der Waals surface area contributed by atoms with Gasteiger partial charge in [-0.05, 0) is 38.2 Å². The molecule has 0 aliphatic heterocycles. The van der Waals surface area contributed by atoms with Gasteiger partial charge in [0.05, 0.1) is 11.9 Å². The Labute approximate surface area is 192 Å². The highest BCUT2D eigenvalue weighted by molar-refractivity contribution is 6.05. The van der Waals surface area contributed by atoms with Crippen molar-refractivity contribution in [3.05, 3.63) is 77.6 Å². The van der Waals surface area contributed by atoms with E-state index < -0.39 is 0 Å². The number of amides is 1. The Bertz CT molecular complexity index is 1130. The summed E-state index contributed by atoms with van der Waals surface area (Å²) in [7, 11) is 1.85. The lowest BCUT2D eigenvalue weighted by molar-refractivity contribution is 0.0766. The summed E-state index contributed by atoms with van der Waals surface area (Å²) < 4.78 is 5.34. The van der Waals surface area contributed by atoms with Crippen LogP contribution in [-0.2, 0) is 4.74 Å². The van der Waals surface area contributed by atoms with E-state index in [0.29, 0.717) is 35.5 Å². The predicted octanol–water partition coefficient (Wildman–Crippen LogP) is 2.77. The Morgan fingerprint density at radius 1 is 1.06 bits per heavy atom. The number of hydrogen-bond acceptors (Lipinski definition) is 8. The Balaban J connectivity index is 1.78. The molecule has 0 saturated heterocycles. The van der Waals surface area contributed by atoms with E-state index in [9.17, 15) is 4.79 Å². The van der Waals surface area contributed by atoms with E-state index in [0.717, 1.165) is 6.54 Å². The Hall–Kier alpha value is -4.11. The molecule has 33 heavy (non-hydrogen) atoms. The number of ether oxygens (including phenoxy) is 1. The van der Waals surface area contributed by atoms with Gasteiger partial charge in [-0.1, -0.05) is 30.3 Å². The van der Waals surface area contributed by atoms with Gasteiger partial charge >= 0.3 is 0 Å². The molecule has 9 nitrogen and oxygen atoms in total. The third-order valence-electron chi connectivity index (χ3n) is 4.98. The van der Waals surface area contributed by atoms with Crippen molar-refractivity contribution in [2.75, 3.05) is 32.4 Å². The molecule has 0 unspecified atom stereocenters. The van der Waals surface area contributed by atoms with Crippen LogP contribution < -0.4 is 11.1 Å². The number of rotatable bonds is 8. The fourth-order valence-electron chi connectivity index (χ4n) is 3.12. The van der Waals surface area contributed by atoms with Crippen LogP contribution in [0.5, 0.6) is 0 Å². The van der Waals surface area contributed by atoms with E-state index in [1.54, 1.807) is 53.4 Å². The molecule has 3 rings (SSSR count). The molecule has 9 heteroatoms. The number of nitrogens with zero attached hydrogens (tertiary/aromatic N) is 3. The van der Waals surface area contributed by atoms with Crippen molar-refractivity contribution in [2.24, 2.45) is 0 Å². The maximum atomic E-state index is 12.7. The van der Waals surface area contributed by atoms with Crippen molar-refractivity contribution >= 4 is 23.5 Å². The van der Waals surface area contributed by atoms with Gasteiger partial charge in [0.1, 0.15) is 0 Å². The van der Waals surface area contributed by atoms with Crippen LogP contribution in [0.25, 0.3) is 11.3 Å². The van der Waals surface area contributed by atoms with Crippen molar-refractivity contribution in [1.82, 2.24) is 20.2 Å². The summed E-state index contributed by atoms with van der Waals surface area (Å²) in [6.45, 7) is 3.91. The van der Waals surface area contributed by atoms with Gasteiger partial charge in [-0.2, -0.15) is 0 Å². The molecule has 0 aliphatic rings. The SMILES string of the molecule is CCN(CCNC)C(=O)c1ccc(-c2cnc(N)c(C(=N)OC(=N)c3ccccc3)n2)cc1. The second-order valence-electron chi connectivity index (χ2n) is 7.18. The molecule has 0 spiro atoms. The maximum absolute atomic E-state index is 12.7. The van der Waals surface area contributed by atoms with Gasteiger partial charge in [-0.25, -0.2) is 9.97 Å². The lowest BCUT2D eigenvalue weighted by Gasteiger charge is -2.20. The monoisotopic (exact) mass is 445 g/mol. The standard InChI is InChI=1S/C24H27N7O2/c1-3-31(14-13-28-2)24(32)18-11-9-16(10-12-18)19-15-29-21(25)20(30-19)23(27)33-22(26)17-7-5-4-6-8-17/h4-12,15,26-28H,3,13-14H2,1-2H3,(H2,25,29). The molecule has 0 atom stereocenters. The number of nitrogens with two attached hydrogens (primary N) is 1. The van der Waals surface area contributed by atoms with Gasteiger partial charge in [-0.3, -0.25) is 15.6 Å². The van der Waals surface area contributed by atoms with E-state index in [-0.39, 0.29) is 29.2 Å². The average Bonchev–Trinajstić information content (AvgIpc) is 2.85. The van der Waals surface area contributed by atoms with Crippen LogP contribution in [0.15, 0.2) is 60.8 Å². The zero-order valence-corrected chi connectivity index (χ0v) is 18.6. The number of carbonyl (C=O) groups is 1. The van der Waals surface area contributed by atoms with Gasteiger partial charge in [-0.15, -0.1) is 0 Å². The maximum Gasteiger partial charge on any atom is 0.253 e. The van der Waals surface area contributed by atoms with Crippen LogP contribution in [0.2, 0.25) is 0 Å². The normalized spacial score (nSPS) is 10.5. The van der Waals surface area contributed by atoms with E-state index in [1.165, 1.54) is 6.20 Å². The van der Waals surface area contributed by atoms with Crippen LogP contribution in [-0.4, -0.2) is 59.3 Å². The molecule has 0 fully saturated rings. The van der Waals surface area contributed by atoms with Gasteiger partial charge in [0.2, 0.25) is 11.8 Å². The number of hydrogen-bond donors (Lipinski definition) is 4. The first-order valence-corrected chi connectivity index (χ1v) is 10.5. The molecule has 0 radical (unpaired) electrons. The van der Waals surface area contributed by atoms with E-state index in [2.05, 4.69) is 15.3 Å². The molecule has 1 aromatic heterocycles. The number of aromatic nitrogens is 2. The molecule has 0 saturated carbocycles. The molecular formula is C24H27N7O2. The van der Waals surface area contributed by atoms with E-state index in [1.807, 2.05) is 20.0 Å². The highest BCUT2D eigenvalue weighted by Gasteiger charge is 2.17. The number of benzene rings is 2. The number of anilines is 1. The van der Waals surface area contributed by atoms with Crippen LogP contribution in [0.1, 0.15) is 28.5 Å².